The molecule has 2 aromatic heterocycles. The Morgan fingerprint density at radius 3 is 2.43 bits per heavy atom. The van der Waals surface area contributed by atoms with E-state index in [1.165, 1.54) is 22.9 Å². The molecule has 0 aliphatic carbocycles. The lowest BCUT2D eigenvalue weighted by Gasteiger charge is -2.08. The second kappa shape index (κ2) is 5.30. The lowest BCUT2D eigenvalue weighted by molar-refractivity contribution is -0.385. The minimum absolute atomic E-state index is 0.204. The van der Waals surface area contributed by atoms with Crippen LogP contribution in [0.5, 0.6) is 0 Å². The molecule has 0 N–H and O–H groups in total. The predicted molar refractivity (Wildman–Crippen MR) is 78.2 cm³/mol. The van der Waals surface area contributed by atoms with Gasteiger partial charge in [-0.25, -0.2) is 9.67 Å². The molecule has 1 aromatic carbocycles. The molecule has 0 bridgehead atoms. The number of nitrogens with zero attached hydrogens (tertiary/aromatic N) is 4. The van der Waals surface area contributed by atoms with Gasteiger partial charge in [-0.15, -0.1) is 0 Å². The van der Waals surface area contributed by atoms with E-state index in [-0.39, 0.29) is 5.69 Å². The van der Waals surface area contributed by atoms with Crippen LogP contribution in [0, 0.1) is 10.1 Å². The second-order valence-electron chi connectivity index (χ2n) is 4.57. The van der Waals surface area contributed by atoms with Gasteiger partial charge in [0.25, 0.3) is 5.69 Å². The van der Waals surface area contributed by atoms with E-state index in [2.05, 4.69) is 26.0 Å². The topological polar surface area (TPSA) is 73.8 Å². The van der Waals surface area contributed by atoms with Crippen molar-refractivity contribution in [2.24, 2.45) is 0 Å². The Labute approximate surface area is 134 Å². The Morgan fingerprint density at radius 1 is 1.22 bits per heavy atom. The van der Waals surface area contributed by atoms with Crippen LogP contribution in [0.1, 0.15) is 5.56 Å². The van der Waals surface area contributed by atoms with Gasteiger partial charge in [-0.2, -0.15) is 18.3 Å². The quantitative estimate of drug-likeness (QED) is 0.490. The smallest absolute Gasteiger partial charge is 0.258 e. The van der Waals surface area contributed by atoms with Crippen LogP contribution >= 0.6 is 15.9 Å². The van der Waals surface area contributed by atoms with Gasteiger partial charge in [0.2, 0.25) is 0 Å². The molecule has 0 fully saturated rings. The van der Waals surface area contributed by atoms with E-state index in [9.17, 15) is 23.3 Å². The summed E-state index contributed by atoms with van der Waals surface area (Å²) in [4.78, 5) is 14.2. The highest BCUT2D eigenvalue weighted by Gasteiger charge is 2.30. The second-order valence-corrected chi connectivity index (χ2v) is 5.32. The molecule has 0 saturated heterocycles. The molecule has 0 aliphatic heterocycles. The van der Waals surface area contributed by atoms with Crippen LogP contribution in [-0.2, 0) is 6.18 Å². The first kappa shape index (κ1) is 15.4. The number of alkyl halides is 3. The fraction of sp³-hybridized carbons (Fsp3) is 0.0769. The van der Waals surface area contributed by atoms with Crippen molar-refractivity contribution < 1.29 is 18.1 Å². The van der Waals surface area contributed by atoms with Crippen molar-refractivity contribution >= 4 is 32.7 Å². The molecule has 0 amide bonds. The van der Waals surface area contributed by atoms with Crippen molar-refractivity contribution in [3.63, 3.8) is 0 Å². The van der Waals surface area contributed by atoms with Crippen molar-refractivity contribution in [1.82, 2.24) is 14.8 Å². The first-order valence-electron chi connectivity index (χ1n) is 6.13. The van der Waals surface area contributed by atoms with Gasteiger partial charge < -0.3 is 0 Å². The summed E-state index contributed by atoms with van der Waals surface area (Å²) in [5.74, 6) is 0. The van der Waals surface area contributed by atoms with Crippen LogP contribution in [0.25, 0.3) is 16.7 Å². The highest BCUT2D eigenvalue weighted by atomic mass is 79.9. The summed E-state index contributed by atoms with van der Waals surface area (Å²) in [6.07, 6.45) is -3.36. The van der Waals surface area contributed by atoms with Crippen LogP contribution in [0.15, 0.2) is 41.1 Å². The molecule has 118 valence electrons. The monoisotopic (exact) mass is 386 g/mol. The predicted octanol–water partition coefficient (Wildman–Crippen LogP) is 4.11. The molecule has 6 nitrogen and oxygen atoms in total. The van der Waals surface area contributed by atoms with Gasteiger partial charge in [-0.3, -0.25) is 10.1 Å². The molecule has 0 unspecified atom stereocenters. The number of halogens is 4. The van der Waals surface area contributed by atoms with Crippen molar-refractivity contribution in [3.8, 4) is 5.69 Å². The third kappa shape index (κ3) is 2.77. The van der Waals surface area contributed by atoms with Crippen LogP contribution in [0.3, 0.4) is 0 Å². The minimum Gasteiger partial charge on any atom is -0.258 e. The number of fused-ring (bicyclic) bond motifs is 1. The maximum atomic E-state index is 12.6. The van der Waals surface area contributed by atoms with Crippen molar-refractivity contribution in [2.45, 2.75) is 6.18 Å². The fourth-order valence-corrected chi connectivity index (χ4v) is 2.48. The molecule has 0 spiro atoms. The summed E-state index contributed by atoms with van der Waals surface area (Å²) < 4.78 is 39.4. The molecule has 10 heteroatoms. The van der Waals surface area contributed by atoms with Gasteiger partial charge in [-0.1, -0.05) is 0 Å². The van der Waals surface area contributed by atoms with E-state index in [1.807, 2.05) is 0 Å². The summed E-state index contributed by atoms with van der Waals surface area (Å²) in [6, 6.07) is 5.67. The number of hydrogen-bond acceptors (Lipinski definition) is 4. The highest BCUT2D eigenvalue weighted by Crippen LogP contribution is 2.31. The third-order valence-electron chi connectivity index (χ3n) is 3.11. The Kier molecular flexibility index (Phi) is 3.55. The number of pyridine rings is 1. The molecule has 0 atom stereocenters. The Bertz CT molecular complexity index is 906. The average molecular weight is 387 g/mol. The molecular formula is C13H6BrF3N4O2. The van der Waals surface area contributed by atoms with Crippen molar-refractivity contribution in [1.29, 1.82) is 0 Å². The fourth-order valence-electron chi connectivity index (χ4n) is 2.03. The lowest BCUT2D eigenvalue weighted by atomic mass is 10.2. The van der Waals surface area contributed by atoms with Crippen LogP contribution in [0.2, 0.25) is 0 Å². The van der Waals surface area contributed by atoms with Crippen LogP contribution in [-0.4, -0.2) is 19.7 Å². The standard InChI is InChI=1S/C13H6BrF3N4O2/c14-11-10-5-9(21(22)23)6-18-12(10)20(19-11)8-3-1-7(2-4-8)13(15,16)17/h1-6H. The molecular weight excluding hydrogens is 381 g/mol. The summed E-state index contributed by atoms with van der Waals surface area (Å²) >= 11 is 3.17. The van der Waals surface area contributed by atoms with Crippen LogP contribution < -0.4 is 0 Å². The Hall–Kier alpha value is -2.49. The number of rotatable bonds is 2. The lowest BCUT2D eigenvalue weighted by Crippen LogP contribution is -2.05. The van der Waals surface area contributed by atoms with Gasteiger partial charge in [0, 0.05) is 6.07 Å². The van der Waals surface area contributed by atoms with Gasteiger partial charge in [-0.05, 0) is 40.2 Å². The first-order chi connectivity index (χ1) is 10.8. The molecule has 3 aromatic rings. The zero-order valence-electron chi connectivity index (χ0n) is 11.1. The Balaban J connectivity index is 2.12. The molecule has 0 radical (unpaired) electrons. The van der Waals surface area contributed by atoms with Crippen LogP contribution in [0.4, 0.5) is 18.9 Å². The zero-order valence-corrected chi connectivity index (χ0v) is 12.7. The summed E-state index contributed by atoms with van der Waals surface area (Å²) in [5.41, 5.74) is -0.331. The van der Waals surface area contributed by atoms with E-state index in [4.69, 9.17) is 0 Å². The summed E-state index contributed by atoms with van der Waals surface area (Å²) in [7, 11) is 0. The maximum Gasteiger partial charge on any atom is 0.416 e. The van der Waals surface area contributed by atoms with Gasteiger partial charge in [0.05, 0.1) is 21.6 Å². The van der Waals surface area contributed by atoms with Gasteiger partial charge in [0.15, 0.2) is 5.65 Å². The molecule has 0 aliphatic rings. The SMILES string of the molecule is O=[N+]([O-])c1cnc2c(c1)c(Br)nn2-c1ccc(C(F)(F)F)cc1. The molecule has 23 heavy (non-hydrogen) atoms. The molecule has 3 rings (SSSR count). The highest BCUT2D eigenvalue weighted by molar-refractivity contribution is 9.10. The Morgan fingerprint density at radius 2 is 1.87 bits per heavy atom. The van der Waals surface area contributed by atoms with Gasteiger partial charge in [0.1, 0.15) is 10.8 Å². The number of benzene rings is 1. The first-order valence-corrected chi connectivity index (χ1v) is 6.93. The largest absolute Gasteiger partial charge is 0.416 e. The van der Waals surface area contributed by atoms with E-state index >= 15 is 0 Å². The number of aromatic nitrogens is 3. The number of hydrogen-bond donors (Lipinski definition) is 0. The van der Waals surface area contributed by atoms with E-state index in [1.54, 1.807) is 0 Å². The molecule has 2 heterocycles. The zero-order chi connectivity index (χ0) is 16.8. The maximum absolute atomic E-state index is 12.6. The van der Waals surface area contributed by atoms with E-state index < -0.39 is 16.7 Å². The van der Waals surface area contributed by atoms with Crippen molar-refractivity contribution in [2.75, 3.05) is 0 Å². The average Bonchev–Trinajstić information content (AvgIpc) is 2.83. The summed E-state index contributed by atoms with van der Waals surface area (Å²) in [6.45, 7) is 0. The number of nitro groups is 1. The third-order valence-corrected chi connectivity index (χ3v) is 3.70. The normalized spacial score (nSPS) is 11.8. The molecule has 0 saturated carbocycles. The van der Waals surface area contributed by atoms with E-state index in [0.29, 0.717) is 21.3 Å². The van der Waals surface area contributed by atoms with Gasteiger partial charge >= 0.3 is 6.18 Å². The minimum atomic E-state index is -4.43. The van der Waals surface area contributed by atoms with E-state index in [0.717, 1.165) is 18.3 Å². The van der Waals surface area contributed by atoms with Crippen molar-refractivity contribution in [3.05, 3.63) is 56.8 Å². The summed E-state index contributed by atoms with van der Waals surface area (Å²) in [5, 5.41) is 15.3.